The van der Waals surface area contributed by atoms with E-state index in [2.05, 4.69) is 57.5 Å². The summed E-state index contributed by atoms with van der Waals surface area (Å²) in [7, 11) is 0. The molecule has 0 aromatic rings. The first-order valence-electron chi connectivity index (χ1n) is 11.5. The predicted octanol–water partition coefficient (Wildman–Crippen LogP) is 7.13. The van der Waals surface area contributed by atoms with Crippen LogP contribution in [0.3, 0.4) is 0 Å². The van der Waals surface area contributed by atoms with Gasteiger partial charge in [-0.2, -0.15) is 0 Å². The summed E-state index contributed by atoms with van der Waals surface area (Å²) in [4.78, 5) is 0. The van der Waals surface area contributed by atoms with Crippen LogP contribution in [0, 0.1) is 39.4 Å². The third kappa shape index (κ3) is 2.50. The number of hydrogen-bond donors (Lipinski definition) is 1. The third-order valence-corrected chi connectivity index (χ3v) is 11.7. The van der Waals surface area contributed by atoms with Gasteiger partial charge in [0.1, 0.15) is 0 Å². The molecule has 4 aliphatic rings. The maximum atomic E-state index is 10.7. The van der Waals surface area contributed by atoms with Gasteiger partial charge in [0.25, 0.3) is 0 Å². The second kappa shape index (κ2) is 6.34. The zero-order chi connectivity index (χ0) is 19.8. The Morgan fingerprint density at radius 3 is 2.33 bits per heavy atom. The smallest absolute Gasteiger partial charge is 0.0594 e. The Hall–Kier alpha value is 0.180. The first kappa shape index (κ1) is 20.5. The van der Waals surface area contributed by atoms with Gasteiger partial charge in [-0.25, -0.2) is 0 Å². The number of fused-ring (bicyclic) bond motifs is 4. The fourth-order valence-electron chi connectivity index (χ4n) is 8.74. The molecule has 0 heterocycles. The Morgan fingerprint density at radius 1 is 0.963 bits per heavy atom. The Kier molecular flexibility index (Phi) is 4.80. The fourth-order valence-corrected chi connectivity index (χ4v) is 9.19. The summed E-state index contributed by atoms with van der Waals surface area (Å²) in [6.07, 6.45) is 10.1. The van der Waals surface area contributed by atoms with Crippen molar-refractivity contribution in [3.63, 3.8) is 0 Å². The van der Waals surface area contributed by atoms with Crippen LogP contribution in [0.15, 0.2) is 11.1 Å². The minimum Gasteiger partial charge on any atom is -0.393 e. The van der Waals surface area contributed by atoms with E-state index in [0.717, 1.165) is 23.6 Å². The van der Waals surface area contributed by atoms with Crippen molar-refractivity contribution >= 4 is 15.9 Å². The number of halogens is 1. The monoisotopic (exact) mass is 436 g/mol. The normalized spacial score (nSPS) is 50.0. The molecule has 154 valence electrons. The van der Waals surface area contributed by atoms with Gasteiger partial charge in [-0.15, -0.1) is 0 Å². The first-order chi connectivity index (χ1) is 12.5. The third-order valence-electron chi connectivity index (χ3n) is 10.7. The summed E-state index contributed by atoms with van der Waals surface area (Å²) in [6.45, 7) is 15.0. The van der Waals surface area contributed by atoms with Crippen LogP contribution < -0.4 is 0 Å². The van der Waals surface area contributed by atoms with E-state index in [4.69, 9.17) is 0 Å². The van der Waals surface area contributed by atoms with Crippen LogP contribution in [0.1, 0.15) is 92.9 Å². The van der Waals surface area contributed by atoms with Crippen LogP contribution in [-0.4, -0.2) is 16.5 Å². The number of aliphatic hydroxyl groups excluding tert-OH is 1. The van der Waals surface area contributed by atoms with Crippen molar-refractivity contribution in [1.29, 1.82) is 0 Å². The van der Waals surface area contributed by atoms with Crippen LogP contribution in [0.2, 0.25) is 0 Å². The molecule has 4 aliphatic carbocycles. The molecule has 7 atom stereocenters. The molecule has 0 aromatic heterocycles. The van der Waals surface area contributed by atoms with E-state index in [1.807, 2.05) is 11.1 Å². The molecule has 27 heavy (non-hydrogen) atoms. The molecule has 4 rings (SSSR count). The lowest BCUT2D eigenvalue weighted by Crippen LogP contribution is -2.55. The molecule has 7 unspecified atom stereocenters. The lowest BCUT2D eigenvalue weighted by atomic mass is 9.43. The Bertz CT molecular complexity index is 651. The van der Waals surface area contributed by atoms with Gasteiger partial charge in [0, 0.05) is 5.33 Å². The highest BCUT2D eigenvalue weighted by Crippen LogP contribution is 2.72. The fraction of sp³-hybridized carbons (Fsp3) is 0.920. The lowest BCUT2D eigenvalue weighted by molar-refractivity contribution is -0.0960. The zero-order valence-corrected chi connectivity index (χ0v) is 20.1. The van der Waals surface area contributed by atoms with Crippen molar-refractivity contribution in [3.05, 3.63) is 11.1 Å². The van der Waals surface area contributed by atoms with E-state index in [-0.39, 0.29) is 11.5 Å². The van der Waals surface area contributed by atoms with Crippen molar-refractivity contribution in [2.24, 2.45) is 39.4 Å². The Morgan fingerprint density at radius 2 is 1.67 bits per heavy atom. The van der Waals surface area contributed by atoms with Gasteiger partial charge in [0.15, 0.2) is 0 Å². The molecule has 2 fully saturated rings. The van der Waals surface area contributed by atoms with Crippen molar-refractivity contribution in [1.82, 2.24) is 0 Å². The average molecular weight is 438 g/mol. The van der Waals surface area contributed by atoms with Gasteiger partial charge >= 0.3 is 0 Å². The summed E-state index contributed by atoms with van der Waals surface area (Å²) >= 11 is 3.79. The standard InChI is InChI=1S/C25H41BrO/c1-16(15-26)17-9-13-25(6)19-7-8-20-22(2,3)21(27)11-12-23(20,4)18(19)10-14-24(17,25)5/h16-17,20-21,27H,7-15H2,1-6H3. The number of aliphatic hydroxyl groups is 1. The van der Waals surface area contributed by atoms with Crippen LogP contribution in [-0.2, 0) is 0 Å². The van der Waals surface area contributed by atoms with Crippen molar-refractivity contribution < 1.29 is 5.11 Å². The number of alkyl halides is 1. The van der Waals surface area contributed by atoms with Gasteiger partial charge in [0.05, 0.1) is 6.10 Å². The molecular weight excluding hydrogens is 396 g/mol. The molecule has 2 saturated carbocycles. The maximum absolute atomic E-state index is 10.7. The summed E-state index contributed by atoms with van der Waals surface area (Å²) in [5.74, 6) is 2.26. The Balaban J connectivity index is 1.77. The number of allylic oxidation sites excluding steroid dienone is 2. The molecule has 0 saturated heterocycles. The topological polar surface area (TPSA) is 20.2 Å². The summed E-state index contributed by atoms with van der Waals surface area (Å²) in [6, 6.07) is 0. The van der Waals surface area contributed by atoms with Crippen LogP contribution in [0.25, 0.3) is 0 Å². The lowest BCUT2D eigenvalue weighted by Gasteiger charge is -2.62. The van der Waals surface area contributed by atoms with Crippen molar-refractivity contribution in [2.75, 3.05) is 5.33 Å². The van der Waals surface area contributed by atoms with Gasteiger partial charge in [-0.3, -0.25) is 0 Å². The minimum absolute atomic E-state index is 0.0515. The molecular formula is C25H41BrO. The molecule has 0 aromatic carbocycles. The maximum Gasteiger partial charge on any atom is 0.0594 e. The van der Waals surface area contributed by atoms with Crippen LogP contribution >= 0.6 is 15.9 Å². The van der Waals surface area contributed by atoms with Crippen molar-refractivity contribution in [3.8, 4) is 0 Å². The first-order valence-corrected chi connectivity index (χ1v) is 12.6. The molecule has 0 bridgehead atoms. The highest BCUT2D eigenvalue weighted by molar-refractivity contribution is 9.09. The molecule has 1 N–H and O–H groups in total. The second-order valence-corrected chi connectivity index (χ2v) is 12.5. The summed E-state index contributed by atoms with van der Waals surface area (Å²) in [5, 5.41) is 11.9. The molecule has 2 heteroatoms. The van der Waals surface area contributed by atoms with Gasteiger partial charge in [0.2, 0.25) is 0 Å². The SMILES string of the molecule is CC(CBr)C1CCC2(C)C3=C(CCC12C)C1(C)CCC(O)C(C)(C)C1CC3. The molecule has 0 spiro atoms. The van der Waals surface area contributed by atoms with E-state index in [9.17, 15) is 5.11 Å². The number of rotatable bonds is 2. The van der Waals surface area contributed by atoms with E-state index in [1.54, 1.807) is 0 Å². The van der Waals surface area contributed by atoms with Gasteiger partial charge in [-0.1, -0.05) is 68.6 Å². The highest BCUT2D eigenvalue weighted by Gasteiger charge is 2.63. The molecule has 0 radical (unpaired) electrons. The highest BCUT2D eigenvalue weighted by atomic mass is 79.9. The molecule has 0 amide bonds. The Labute approximate surface area is 175 Å². The van der Waals surface area contributed by atoms with E-state index in [1.165, 1.54) is 44.9 Å². The van der Waals surface area contributed by atoms with Gasteiger partial charge in [-0.05, 0) is 90.8 Å². The largest absolute Gasteiger partial charge is 0.393 e. The van der Waals surface area contributed by atoms with E-state index >= 15 is 0 Å². The number of hydrogen-bond acceptors (Lipinski definition) is 1. The predicted molar refractivity (Wildman–Crippen MR) is 118 cm³/mol. The van der Waals surface area contributed by atoms with E-state index in [0.29, 0.717) is 22.2 Å². The quantitative estimate of drug-likeness (QED) is 0.360. The zero-order valence-electron chi connectivity index (χ0n) is 18.5. The molecule has 0 aliphatic heterocycles. The minimum atomic E-state index is -0.127. The summed E-state index contributed by atoms with van der Waals surface area (Å²) < 4.78 is 0. The van der Waals surface area contributed by atoms with E-state index < -0.39 is 0 Å². The van der Waals surface area contributed by atoms with Crippen LogP contribution in [0.4, 0.5) is 0 Å². The average Bonchev–Trinajstić information content (AvgIpc) is 2.90. The van der Waals surface area contributed by atoms with Crippen molar-refractivity contribution in [2.45, 2.75) is 99.0 Å². The van der Waals surface area contributed by atoms with Crippen LogP contribution in [0.5, 0.6) is 0 Å². The van der Waals surface area contributed by atoms with Gasteiger partial charge < -0.3 is 5.11 Å². The summed E-state index contributed by atoms with van der Waals surface area (Å²) in [5.41, 5.74) is 4.94. The second-order valence-electron chi connectivity index (χ2n) is 11.9. The molecule has 1 nitrogen and oxygen atoms in total.